The lowest BCUT2D eigenvalue weighted by atomic mass is 9.94. The summed E-state index contributed by atoms with van der Waals surface area (Å²) in [6, 6.07) is 11.1. The first-order valence-corrected chi connectivity index (χ1v) is 9.77. The third kappa shape index (κ3) is 5.79. The average molecular weight is 405 g/mol. The summed E-state index contributed by atoms with van der Waals surface area (Å²) < 4.78 is 38.2. The monoisotopic (exact) mass is 405 g/mol. The summed E-state index contributed by atoms with van der Waals surface area (Å²) in [7, 11) is 3.52. The molecule has 156 valence electrons. The predicted octanol–water partition coefficient (Wildman–Crippen LogP) is 3.96. The van der Waals surface area contributed by atoms with Gasteiger partial charge in [0, 0.05) is 44.4 Å². The summed E-state index contributed by atoms with van der Waals surface area (Å²) in [5.74, 6) is 0.348. The van der Waals surface area contributed by atoms with Crippen molar-refractivity contribution in [3.05, 3.63) is 65.0 Å². The van der Waals surface area contributed by atoms with Crippen LogP contribution in [0.1, 0.15) is 41.3 Å². The number of alkyl halides is 3. The van der Waals surface area contributed by atoms with Crippen LogP contribution in [0.4, 0.5) is 13.2 Å². The number of carbonyl (C=O) groups is 1. The molecule has 0 aliphatic carbocycles. The zero-order valence-corrected chi connectivity index (χ0v) is 16.7. The van der Waals surface area contributed by atoms with Crippen LogP contribution in [-0.4, -0.2) is 54.4 Å². The van der Waals surface area contributed by atoms with Gasteiger partial charge < -0.3 is 4.90 Å². The van der Waals surface area contributed by atoms with Gasteiger partial charge in [-0.2, -0.15) is 13.2 Å². The number of likely N-dealkylation sites (N-methyl/N-ethyl adjacent to an activating group) is 1. The lowest BCUT2D eigenvalue weighted by Crippen LogP contribution is -2.41. The van der Waals surface area contributed by atoms with Crippen LogP contribution in [0.2, 0.25) is 0 Å². The largest absolute Gasteiger partial charge is 0.416 e. The van der Waals surface area contributed by atoms with E-state index in [4.69, 9.17) is 4.98 Å². The Hall–Kier alpha value is -2.41. The van der Waals surface area contributed by atoms with Crippen LogP contribution in [0.3, 0.4) is 0 Å². The van der Waals surface area contributed by atoms with Gasteiger partial charge >= 0.3 is 6.18 Å². The van der Waals surface area contributed by atoms with E-state index < -0.39 is 11.7 Å². The second-order valence-corrected chi connectivity index (χ2v) is 7.79. The molecule has 2 aromatic rings. The molecule has 29 heavy (non-hydrogen) atoms. The third-order valence-electron chi connectivity index (χ3n) is 5.28. The van der Waals surface area contributed by atoms with Crippen molar-refractivity contribution in [3.63, 3.8) is 0 Å². The summed E-state index contributed by atoms with van der Waals surface area (Å²) in [5, 5.41) is 0. The number of halogens is 3. The number of amides is 1. The van der Waals surface area contributed by atoms with Crippen LogP contribution >= 0.6 is 0 Å². The van der Waals surface area contributed by atoms with Gasteiger partial charge in [-0.05, 0) is 49.2 Å². The SMILES string of the molecule is CN(C)C(=O)CN1CCCC(c2cccc(Cc3ccc(C(F)(F)F)cc3)n2)C1. The molecule has 0 N–H and O–H groups in total. The van der Waals surface area contributed by atoms with E-state index in [2.05, 4.69) is 4.90 Å². The van der Waals surface area contributed by atoms with E-state index in [9.17, 15) is 18.0 Å². The lowest BCUT2D eigenvalue weighted by molar-refractivity contribution is -0.137. The van der Waals surface area contributed by atoms with Crippen molar-refractivity contribution in [2.75, 3.05) is 33.7 Å². The maximum atomic E-state index is 12.7. The topological polar surface area (TPSA) is 36.4 Å². The Balaban J connectivity index is 1.67. The Bertz CT molecular complexity index is 834. The number of carbonyl (C=O) groups excluding carboxylic acids is 1. The molecule has 1 unspecified atom stereocenters. The highest BCUT2D eigenvalue weighted by atomic mass is 19.4. The van der Waals surface area contributed by atoms with E-state index in [-0.39, 0.29) is 11.8 Å². The summed E-state index contributed by atoms with van der Waals surface area (Å²) in [6.45, 7) is 2.10. The van der Waals surface area contributed by atoms with Gasteiger partial charge in [-0.25, -0.2) is 0 Å². The summed E-state index contributed by atoms with van der Waals surface area (Å²) in [6.07, 6.45) is -1.81. The smallest absolute Gasteiger partial charge is 0.348 e. The van der Waals surface area contributed by atoms with E-state index in [1.54, 1.807) is 19.0 Å². The standard InChI is InChI=1S/C22H26F3N3O/c1-27(2)21(29)15-28-12-4-5-17(14-28)20-7-3-6-19(26-20)13-16-8-10-18(11-9-16)22(23,24)25/h3,6-11,17H,4-5,12-15H2,1-2H3. The van der Waals surface area contributed by atoms with Crippen molar-refractivity contribution < 1.29 is 18.0 Å². The average Bonchev–Trinajstić information content (AvgIpc) is 2.68. The Morgan fingerprint density at radius 2 is 1.90 bits per heavy atom. The minimum Gasteiger partial charge on any atom is -0.348 e. The second-order valence-electron chi connectivity index (χ2n) is 7.79. The first-order valence-electron chi connectivity index (χ1n) is 9.77. The van der Waals surface area contributed by atoms with Crippen molar-refractivity contribution >= 4 is 5.91 Å². The molecule has 7 heteroatoms. The molecule has 1 aromatic carbocycles. The van der Waals surface area contributed by atoms with Crippen molar-refractivity contribution in [2.45, 2.75) is 31.4 Å². The van der Waals surface area contributed by atoms with Gasteiger partial charge in [0.2, 0.25) is 5.91 Å². The minimum absolute atomic E-state index is 0.0923. The number of aromatic nitrogens is 1. The molecule has 1 fully saturated rings. The number of nitrogens with zero attached hydrogens (tertiary/aromatic N) is 3. The highest BCUT2D eigenvalue weighted by molar-refractivity contribution is 5.77. The zero-order chi connectivity index (χ0) is 21.0. The van der Waals surface area contributed by atoms with Crippen molar-refractivity contribution in [2.24, 2.45) is 0 Å². The van der Waals surface area contributed by atoms with E-state index in [0.717, 1.165) is 55.0 Å². The van der Waals surface area contributed by atoms with Crippen LogP contribution in [0.25, 0.3) is 0 Å². The maximum absolute atomic E-state index is 12.7. The molecule has 0 saturated carbocycles. The predicted molar refractivity (Wildman–Crippen MR) is 106 cm³/mol. The number of hydrogen-bond donors (Lipinski definition) is 0. The molecular weight excluding hydrogens is 379 g/mol. The number of hydrogen-bond acceptors (Lipinski definition) is 3. The van der Waals surface area contributed by atoms with Gasteiger partial charge in [0.25, 0.3) is 0 Å². The summed E-state index contributed by atoms with van der Waals surface area (Å²) in [5.41, 5.74) is 1.97. The molecule has 1 aliphatic rings. The van der Waals surface area contributed by atoms with Crippen LogP contribution < -0.4 is 0 Å². The van der Waals surface area contributed by atoms with Gasteiger partial charge in [-0.15, -0.1) is 0 Å². The molecule has 1 aromatic heterocycles. The lowest BCUT2D eigenvalue weighted by Gasteiger charge is -2.32. The summed E-state index contributed by atoms with van der Waals surface area (Å²) in [4.78, 5) is 20.5. The van der Waals surface area contributed by atoms with Gasteiger partial charge in [-0.3, -0.25) is 14.7 Å². The van der Waals surface area contributed by atoms with Crippen molar-refractivity contribution in [1.82, 2.24) is 14.8 Å². The normalized spacial score (nSPS) is 17.9. The van der Waals surface area contributed by atoms with Gasteiger partial charge in [-0.1, -0.05) is 18.2 Å². The van der Waals surface area contributed by atoms with Crippen LogP contribution in [0.5, 0.6) is 0 Å². The minimum atomic E-state index is -4.32. The molecule has 0 bridgehead atoms. The Kier molecular flexibility index (Phi) is 6.57. The van der Waals surface area contributed by atoms with Crippen LogP contribution in [0, 0.1) is 0 Å². The quantitative estimate of drug-likeness (QED) is 0.756. The number of benzene rings is 1. The molecular formula is C22H26F3N3O. The van der Waals surface area contributed by atoms with Gasteiger partial charge in [0.1, 0.15) is 0 Å². The molecule has 4 nitrogen and oxygen atoms in total. The Morgan fingerprint density at radius 1 is 1.17 bits per heavy atom. The van der Waals surface area contributed by atoms with E-state index in [0.29, 0.717) is 13.0 Å². The molecule has 1 atom stereocenters. The van der Waals surface area contributed by atoms with Crippen LogP contribution in [-0.2, 0) is 17.4 Å². The van der Waals surface area contributed by atoms with E-state index in [1.807, 2.05) is 18.2 Å². The number of pyridine rings is 1. The molecule has 1 aliphatic heterocycles. The maximum Gasteiger partial charge on any atom is 0.416 e. The van der Waals surface area contributed by atoms with Gasteiger partial charge in [0.05, 0.1) is 12.1 Å². The van der Waals surface area contributed by atoms with Gasteiger partial charge in [0.15, 0.2) is 0 Å². The van der Waals surface area contributed by atoms with E-state index in [1.165, 1.54) is 12.1 Å². The summed E-state index contributed by atoms with van der Waals surface area (Å²) >= 11 is 0. The molecule has 1 saturated heterocycles. The molecule has 0 radical (unpaired) electrons. The van der Waals surface area contributed by atoms with Crippen molar-refractivity contribution in [3.8, 4) is 0 Å². The van der Waals surface area contributed by atoms with E-state index >= 15 is 0 Å². The first-order chi connectivity index (χ1) is 13.7. The second kappa shape index (κ2) is 8.95. The van der Waals surface area contributed by atoms with Crippen molar-refractivity contribution in [1.29, 1.82) is 0 Å². The highest BCUT2D eigenvalue weighted by Gasteiger charge is 2.30. The fourth-order valence-corrected chi connectivity index (χ4v) is 3.62. The highest BCUT2D eigenvalue weighted by Crippen LogP contribution is 2.30. The number of piperidine rings is 1. The fourth-order valence-electron chi connectivity index (χ4n) is 3.62. The third-order valence-corrected chi connectivity index (χ3v) is 5.28. The number of rotatable bonds is 5. The Morgan fingerprint density at radius 3 is 2.55 bits per heavy atom. The molecule has 2 heterocycles. The zero-order valence-electron chi connectivity index (χ0n) is 16.7. The fraction of sp³-hybridized carbons (Fsp3) is 0.455. The van der Waals surface area contributed by atoms with Crippen LogP contribution in [0.15, 0.2) is 42.5 Å². The number of likely N-dealkylation sites (tertiary alicyclic amines) is 1. The molecule has 1 amide bonds. The molecule has 0 spiro atoms. The Labute approximate surface area is 169 Å². The molecule has 3 rings (SSSR count). The first kappa shape index (κ1) is 21.3.